The van der Waals surface area contributed by atoms with E-state index in [9.17, 15) is 14.7 Å². The number of carbonyl (C=O) groups excluding carboxylic acids is 1. The number of hydrogen-bond donors (Lipinski definition) is 2. The molecule has 0 aromatic carbocycles. The van der Waals surface area contributed by atoms with Crippen LogP contribution in [0.15, 0.2) is 11.8 Å². The number of aliphatic hydroxyl groups excluding tert-OH is 1. The lowest BCUT2D eigenvalue weighted by atomic mass is 9.79. The summed E-state index contributed by atoms with van der Waals surface area (Å²) in [5.74, 6) is -1.82. The molecule has 5 nitrogen and oxygen atoms in total. The molecule has 0 radical (unpaired) electrons. The fraction of sp³-hybridized carbons (Fsp3) is 0.600. The number of carboxylic acid groups (broad SMARTS) is 1. The van der Waals surface area contributed by atoms with Gasteiger partial charge in [-0.2, -0.15) is 0 Å². The number of rotatable bonds is 2. The number of hydrogen-bond acceptors (Lipinski definition) is 3. The van der Waals surface area contributed by atoms with Gasteiger partial charge in [-0.1, -0.05) is 6.92 Å². The van der Waals surface area contributed by atoms with Crippen molar-refractivity contribution in [1.82, 2.24) is 4.90 Å². The molecule has 2 rings (SSSR count). The van der Waals surface area contributed by atoms with Crippen molar-refractivity contribution in [2.24, 2.45) is 11.8 Å². The molecule has 5 heteroatoms. The van der Waals surface area contributed by atoms with Crippen LogP contribution in [0, 0.1) is 11.8 Å². The van der Waals surface area contributed by atoms with Crippen LogP contribution in [0.4, 0.5) is 0 Å². The Balaban J connectivity index is 2.26. The van der Waals surface area contributed by atoms with E-state index < -0.39 is 18.0 Å². The fourth-order valence-electron chi connectivity index (χ4n) is 2.47. The number of aliphatic hydroxyl groups is 1. The monoisotopic (exact) mass is 211 g/mol. The summed E-state index contributed by atoms with van der Waals surface area (Å²) in [6.07, 6.45) is 0.857. The van der Waals surface area contributed by atoms with E-state index in [0.717, 1.165) is 0 Å². The van der Waals surface area contributed by atoms with Crippen molar-refractivity contribution in [2.75, 3.05) is 0 Å². The molecule has 2 aliphatic heterocycles. The lowest BCUT2D eigenvalue weighted by molar-refractivity contribution is -0.163. The van der Waals surface area contributed by atoms with Gasteiger partial charge in [-0.3, -0.25) is 4.79 Å². The molecule has 4 atom stereocenters. The Morgan fingerprint density at radius 3 is 2.67 bits per heavy atom. The number of carbonyl (C=O) groups is 2. The Morgan fingerprint density at radius 2 is 2.20 bits per heavy atom. The van der Waals surface area contributed by atoms with E-state index >= 15 is 0 Å². The van der Waals surface area contributed by atoms with Crippen LogP contribution in [0.25, 0.3) is 0 Å². The summed E-state index contributed by atoms with van der Waals surface area (Å²) in [5.41, 5.74) is 0.0504. The van der Waals surface area contributed by atoms with Gasteiger partial charge in [0.05, 0.1) is 18.1 Å². The van der Waals surface area contributed by atoms with E-state index in [2.05, 4.69) is 0 Å². The molecule has 0 spiro atoms. The van der Waals surface area contributed by atoms with Gasteiger partial charge in [-0.25, -0.2) is 4.79 Å². The molecule has 1 amide bonds. The summed E-state index contributed by atoms with van der Waals surface area (Å²) in [5, 5.41) is 18.3. The quantitative estimate of drug-likeness (QED) is 0.621. The van der Waals surface area contributed by atoms with Gasteiger partial charge in [-0.05, 0) is 18.9 Å². The van der Waals surface area contributed by atoms with Crippen molar-refractivity contribution >= 4 is 11.9 Å². The first kappa shape index (κ1) is 10.2. The van der Waals surface area contributed by atoms with E-state index in [4.69, 9.17) is 5.11 Å². The highest BCUT2D eigenvalue weighted by Crippen LogP contribution is 2.43. The Labute approximate surface area is 87.0 Å². The second kappa shape index (κ2) is 3.06. The first-order chi connectivity index (χ1) is 6.95. The number of aliphatic carboxylic acids is 1. The third-order valence-electron chi connectivity index (χ3n) is 3.15. The predicted molar refractivity (Wildman–Crippen MR) is 50.7 cm³/mol. The van der Waals surface area contributed by atoms with Crippen LogP contribution in [0.3, 0.4) is 0 Å². The standard InChI is InChI=1S/C10H13NO4/c1-4-3-6(10(14)15)11-8(4)7(5(2)12)9(11)13/h3-5,7-8,12H,1-2H3,(H,14,15)/t4?,5-,7?,8+/m1/s1. The molecule has 2 N–H and O–H groups in total. The molecule has 0 saturated carbocycles. The molecule has 0 bridgehead atoms. The molecule has 2 aliphatic rings. The first-order valence-electron chi connectivity index (χ1n) is 4.91. The summed E-state index contributed by atoms with van der Waals surface area (Å²) < 4.78 is 0. The zero-order valence-electron chi connectivity index (χ0n) is 8.54. The van der Waals surface area contributed by atoms with Gasteiger partial charge < -0.3 is 15.1 Å². The van der Waals surface area contributed by atoms with Crippen molar-refractivity contribution < 1.29 is 19.8 Å². The van der Waals surface area contributed by atoms with Crippen molar-refractivity contribution in [2.45, 2.75) is 26.0 Å². The van der Waals surface area contributed by atoms with Crippen LogP contribution in [-0.4, -0.2) is 39.1 Å². The second-order valence-corrected chi connectivity index (χ2v) is 4.18. The van der Waals surface area contributed by atoms with Crippen LogP contribution in [0.1, 0.15) is 13.8 Å². The van der Waals surface area contributed by atoms with Gasteiger partial charge in [0, 0.05) is 0 Å². The summed E-state index contributed by atoms with van der Waals surface area (Å²) in [4.78, 5) is 23.7. The van der Waals surface area contributed by atoms with Crippen LogP contribution < -0.4 is 0 Å². The molecule has 2 heterocycles. The van der Waals surface area contributed by atoms with Gasteiger partial charge in [0.25, 0.3) is 0 Å². The minimum atomic E-state index is -1.08. The largest absolute Gasteiger partial charge is 0.477 e. The summed E-state index contributed by atoms with van der Waals surface area (Å²) in [6, 6.07) is -0.177. The molecular formula is C10H13NO4. The fourth-order valence-corrected chi connectivity index (χ4v) is 2.47. The van der Waals surface area contributed by atoms with E-state index in [1.807, 2.05) is 6.92 Å². The van der Waals surface area contributed by atoms with E-state index in [0.29, 0.717) is 0 Å². The first-order valence-corrected chi connectivity index (χ1v) is 4.91. The van der Waals surface area contributed by atoms with Gasteiger partial charge in [0.2, 0.25) is 5.91 Å². The van der Waals surface area contributed by atoms with E-state index in [1.54, 1.807) is 13.0 Å². The molecule has 0 aliphatic carbocycles. The average Bonchev–Trinajstić information content (AvgIpc) is 2.38. The average molecular weight is 211 g/mol. The van der Waals surface area contributed by atoms with Crippen molar-refractivity contribution in [3.05, 3.63) is 11.8 Å². The molecule has 1 saturated heterocycles. The smallest absolute Gasteiger partial charge is 0.352 e. The molecule has 2 unspecified atom stereocenters. The molecule has 0 aromatic heterocycles. The van der Waals surface area contributed by atoms with Crippen LogP contribution in [0.5, 0.6) is 0 Å². The minimum absolute atomic E-state index is 0.00611. The Hall–Kier alpha value is -1.36. The molecular weight excluding hydrogens is 198 g/mol. The number of fused-ring (bicyclic) bond motifs is 1. The zero-order chi connectivity index (χ0) is 11.3. The van der Waals surface area contributed by atoms with Crippen LogP contribution in [0.2, 0.25) is 0 Å². The minimum Gasteiger partial charge on any atom is -0.477 e. The summed E-state index contributed by atoms with van der Waals surface area (Å²) >= 11 is 0. The number of carboxylic acids is 1. The maximum atomic E-state index is 11.6. The van der Waals surface area contributed by atoms with Crippen molar-refractivity contribution in [3.8, 4) is 0 Å². The third-order valence-corrected chi connectivity index (χ3v) is 3.15. The lowest BCUT2D eigenvalue weighted by Crippen LogP contribution is -2.63. The van der Waals surface area contributed by atoms with Gasteiger partial charge in [0.15, 0.2) is 0 Å². The summed E-state index contributed by atoms with van der Waals surface area (Å²) in [6.45, 7) is 3.42. The maximum Gasteiger partial charge on any atom is 0.352 e. The molecule has 82 valence electrons. The lowest BCUT2D eigenvalue weighted by Gasteiger charge is -2.46. The predicted octanol–water partition coefficient (Wildman–Crippen LogP) is -0.188. The van der Waals surface area contributed by atoms with E-state index in [-0.39, 0.29) is 23.6 Å². The normalized spacial score (nSPS) is 35.7. The summed E-state index contributed by atoms with van der Waals surface area (Å²) in [7, 11) is 0. The van der Waals surface area contributed by atoms with Crippen molar-refractivity contribution in [3.63, 3.8) is 0 Å². The second-order valence-electron chi connectivity index (χ2n) is 4.18. The Kier molecular flexibility index (Phi) is 2.08. The Bertz CT molecular complexity index is 360. The number of nitrogens with zero attached hydrogens (tertiary/aromatic N) is 1. The molecule has 1 fully saturated rings. The molecule has 15 heavy (non-hydrogen) atoms. The van der Waals surface area contributed by atoms with Gasteiger partial charge in [0.1, 0.15) is 5.70 Å². The highest BCUT2D eigenvalue weighted by molar-refractivity contribution is 5.99. The SMILES string of the molecule is CC1C=C(C(=O)O)N2C(=O)C([C@@H](C)O)[C@H]12. The van der Waals surface area contributed by atoms with Gasteiger partial charge >= 0.3 is 5.97 Å². The third kappa shape index (κ3) is 1.19. The molecule has 0 aromatic rings. The van der Waals surface area contributed by atoms with Crippen LogP contribution >= 0.6 is 0 Å². The highest BCUT2D eigenvalue weighted by atomic mass is 16.4. The number of β-lactam (4-membered cyclic amide) rings is 1. The van der Waals surface area contributed by atoms with Gasteiger partial charge in [-0.15, -0.1) is 0 Å². The number of amides is 1. The highest BCUT2D eigenvalue weighted by Gasteiger charge is 2.57. The zero-order valence-corrected chi connectivity index (χ0v) is 8.54. The van der Waals surface area contributed by atoms with E-state index in [1.165, 1.54) is 4.90 Å². The van der Waals surface area contributed by atoms with Crippen molar-refractivity contribution in [1.29, 1.82) is 0 Å². The topological polar surface area (TPSA) is 77.8 Å². The maximum absolute atomic E-state index is 11.6. The Morgan fingerprint density at radius 1 is 1.60 bits per heavy atom. The van der Waals surface area contributed by atoms with Crippen LogP contribution in [-0.2, 0) is 9.59 Å².